The van der Waals surface area contributed by atoms with E-state index in [2.05, 4.69) is 17.1 Å². The van der Waals surface area contributed by atoms with Gasteiger partial charge >= 0.3 is 0 Å². The monoisotopic (exact) mass is 425 g/mol. The van der Waals surface area contributed by atoms with Gasteiger partial charge in [-0.3, -0.25) is 14.5 Å². The first kappa shape index (κ1) is 20.9. The van der Waals surface area contributed by atoms with Crippen LogP contribution < -0.4 is 5.32 Å². The Morgan fingerprint density at radius 3 is 2.73 bits per heavy atom. The molecule has 1 saturated heterocycles. The lowest BCUT2D eigenvalue weighted by molar-refractivity contribution is -0.113. The highest BCUT2D eigenvalue weighted by molar-refractivity contribution is 8.00. The summed E-state index contributed by atoms with van der Waals surface area (Å²) < 4.78 is 5.46. The van der Waals surface area contributed by atoms with Crippen LogP contribution in [0.15, 0.2) is 53.4 Å². The molecule has 0 saturated carbocycles. The maximum Gasteiger partial charge on any atom is 0.254 e. The summed E-state index contributed by atoms with van der Waals surface area (Å²) in [6.07, 6.45) is 0. The normalized spacial score (nSPS) is 17.7. The molecule has 7 heteroatoms. The molecule has 2 aromatic carbocycles. The average molecular weight is 426 g/mol. The Morgan fingerprint density at radius 2 is 1.97 bits per heavy atom. The van der Waals surface area contributed by atoms with E-state index >= 15 is 0 Å². The molecule has 158 valence electrons. The minimum Gasteiger partial charge on any atom is -0.379 e. The maximum absolute atomic E-state index is 13.6. The lowest BCUT2D eigenvalue weighted by Crippen LogP contribution is -2.48. The summed E-state index contributed by atoms with van der Waals surface area (Å²) in [6.45, 7) is 6.71. The number of benzene rings is 2. The Kier molecular flexibility index (Phi) is 6.72. The number of amides is 2. The van der Waals surface area contributed by atoms with Gasteiger partial charge in [0.05, 0.1) is 24.7 Å². The van der Waals surface area contributed by atoms with E-state index in [9.17, 15) is 9.59 Å². The first-order chi connectivity index (χ1) is 14.6. The van der Waals surface area contributed by atoms with E-state index in [1.54, 1.807) is 6.07 Å². The third kappa shape index (κ3) is 5.03. The second-order valence-corrected chi connectivity index (χ2v) is 8.75. The molecule has 6 nitrogen and oxygen atoms in total. The fraction of sp³-hybridized carbons (Fsp3) is 0.391. The number of carbonyl (C=O) groups excluding carboxylic acids is 2. The molecule has 2 aliphatic heterocycles. The van der Waals surface area contributed by atoms with Gasteiger partial charge < -0.3 is 15.0 Å². The molecule has 0 radical (unpaired) electrons. The largest absolute Gasteiger partial charge is 0.379 e. The van der Waals surface area contributed by atoms with E-state index in [1.165, 1.54) is 11.8 Å². The SMILES string of the molecule is CC(CN1CCOCC1)N(Cc1ccccc1)C(=O)c1ccc2c(c1)NC(=O)CS2. The molecule has 2 aromatic rings. The number of thioether (sulfide) groups is 1. The van der Waals surface area contributed by atoms with Gasteiger partial charge in [-0.15, -0.1) is 11.8 Å². The molecule has 2 aliphatic rings. The second kappa shape index (κ2) is 9.64. The Hall–Kier alpha value is -2.35. The number of morpholine rings is 1. The van der Waals surface area contributed by atoms with Crippen LogP contribution in [0.2, 0.25) is 0 Å². The van der Waals surface area contributed by atoms with Crippen molar-refractivity contribution in [2.45, 2.75) is 24.4 Å². The summed E-state index contributed by atoms with van der Waals surface area (Å²) in [5.74, 6) is 0.364. The first-order valence-electron chi connectivity index (χ1n) is 10.3. The number of nitrogens with zero attached hydrogens (tertiary/aromatic N) is 2. The van der Waals surface area contributed by atoms with E-state index in [0.717, 1.165) is 49.0 Å². The Bertz CT molecular complexity index is 900. The van der Waals surface area contributed by atoms with Gasteiger partial charge in [-0.05, 0) is 30.7 Å². The highest BCUT2D eigenvalue weighted by Crippen LogP contribution is 2.32. The summed E-state index contributed by atoms with van der Waals surface area (Å²) in [6, 6.07) is 15.7. The number of fused-ring (bicyclic) bond motifs is 1. The lowest BCUT2D eigenvalue weighted by atomic mass is 10.1. The number of hydrogen-bond donors (Lipinski definition) is 1. The number of ether oxygens (including phenoxy) is 1. The maximum atomic E-state index is 13.6. The summed E-state index contributed by atoms with van der Waals surface area (Å²) in [7, 11) is 0. The lowest BCUT2D eigenvalue weighted by Gasteiger charge is -2.35. The van der Waals surface area contributed by atoms with Gasteiger partial charge in [0.2, 0.25) is 5.91 Å². The predicted octanol–water partition coefficient (Wildman–Crippen LogP) is 3.09. The highest BCUT2D eigenvalue weighted by atomic mass is 32.2. The zero-order valence-electron chi connectivity index (χ0n) is 17.2. The first-order valence-corrected chi connectivity index (χ1v) is 11.3. The summed E-state index contributed by atoms with van der Waals surface area (Å²) in [5, 5.41) is 2.89. The summed E-state index contributed by atoms with van der Waals surface area (Å²) in [4.78, 5) is 30.6. The van der Waals surface area contributed by atoms with Crippen LogP contribution in [-0.4, -0.2) is 66.3 Å². The molecule has 30 heavy (non-hydrogen) atoms. The van der Waals surface area contributed by atoms with Crippen molar-refractivity contribution in [3.8, 4) is 0 Å². The molecule has 1 unspecified atom stereocenters. The van der Waals surface area contributed by atoms with E-state index < -0.39 is 0 Å². The van der Waals surface area contributed by atoms with E-state index in [-0.39, 0.29) is 17.9 Å². The van der Waals surface area contributed by atoms with Gasteiger partial charge in [0.15, 0.2) is 0 Å². The van der Waals surface area contributed by atoms with E-state index in [4.69, 9.17) is 4.74 Å². The number of rotatable bonds is 6. The third-order valence-corrected chi connectivity index (χ3v) is 6.55. The van der Waals surface area contributed by atoms with Crippen molar-refractivity contribution in [3.05, 3.63) is 59.7 Å². The van der Waals surface area contributed by atoms with Gasteiger partial charge in [0.25, 0.3) is 5.91 Å². The average Bonchev–Trinajstić information content (AvgIpc) is 2.78. The van der Waals surface area contributed by atoms with Gasteiger partial charge in [0, 0.05) is 42.7 Å². The Labute approximate surface area is 181 Å². The molecule has 0 aromatic heterocycles. The third-order valence-electron chi connectivity index (χ3n) is 5.47. The molecule has 1 N–H and O–H groups in total. The minimum absolute atomic E-state index is 0.0211. The van der Waals surface area contributed by atoms with Crippen LogP contribution in [0.1, 0.15) is 22.8 Å². The zero-order valence-corrected chi connectivity index (χ0v) is 18.0. The van der Waals surface area contributed by atoms with Gasteiger partial charge in [0.1, 0.15) is 0 Å². The number of anilines is 1. The van der Waals surface area contributed by atoms with Crippen LogP contribution in [-0.2, 0) is 16.1 Å². The molecule has 1 fully saturated rings. The van der Waals surface area contributed by atoms with Crippen molar-refractivity contribution >= 4 is 29.3 Å². The smallest absolute Gasteiger partial charge is 0.254 e. The quantitative estimate of drug-likeness (QED) is 0.771. The van der Waals surface area contributed by atoms with Crippen LogP contribution in [0.5, 0.6) is 0 Å². The number of nitrogens with one attached hydrogen (secondary N) is 1. The fourth-order valence-electron chi connectivity index (χ4n) is 3.85. The van der Waals surface area contributed by atoms with Crippen LogP contribution in [0, 0.1) is 0 Å². The second-order valence-electron chi connectivity index (χ2n) is 7.73. The van der Waals surface area contributed by atoms with Crippen molar-refractivity contribution in [3.63, 3.8) is 0 Å². The molecule has 0 spiro atoms. The minimum atomic E-state index is -0.0288. The van der Waals surface area contributed by atoms with Crippen molar-refractivity contribution in [2.75, 3.05) is 43.9 Å². The summed E-state index contributed by atoms with van der Waals surface area (Å²) in [5.41, 5.74) is 2.42. The molecule has 0 aliphatic carbocycles. The zero-order chi connectivity index (χ0) is 20.9. The molecule has 0 bridgehead atoms. The Balaban J connectivity index is 1.56. The van der Waals surface area contributed by atoms with Crippen LogP contribution in [0.25, 0.3) is 0 Å². The molecular weight excluding hydrogens is 398 g/mol. The van der Waals surface area contributed by atoms with Crippen molar-refractivity contribution in [1.29, 1.82) is 0 Å². The topological polar surface area (TPSA) is 61.9 Å². The van der Waals surface area contributed by atoms with Crippen LogP contribution in [0.3, 0.4) is 0 Å². The standard InChI is InChI=1S/C23H27N3O3S/c1-17(14-25-9-11-29-12-10-25)26(15-18-5-3-2-4-6-18)23(28)19-7-8-21-20(13-19)24-22(27)16-30-21/h2-8,13,17H,9-12,14-16H2,1H3,(H,24,27). The van der Waals surface area contributed by atoms with Crippen LogP contribution in [0.4, 0.5) is 5.69 Å². The van der Waals surface area contributed by atoms with Gasteiger partial charge in [-0.1, -0.05) is 30.3 Å². The number of hydrogen-bond acceptors (Lipinski definition) is 5. The molecule has 1 atom stereocenters. The van der Waals surface area contributed by atoms with Crippen molar-refractivity contribution < 1.29 is 14.3 Å². The van der Waals surface area contributed by atoms with E-state index in [1.807, 2.05) is 47.4 Å². The highest BCUT2D eigenvalue weighted by Gasteiger charge is 2.26. The van der Waals surface area contributed by atoms with Crippen LogP contribution >= 0.6 is 11.8 Å². The van der Waals surface area contributed by atoms with Crippen molar-refractivity contribution in [1.82, 2.24) is 9.80 Å². The molecule has 2 heterocycles. The van der Waals surface area contributed by atoms with E-state index in [0.29, 0.717) is 17.9 Å². The fourth-order valence-corrected chi connectivity index (χ4v) is 4.63. The van der Waals surface area contributed by atoms with Gasteiger partial charge in [-0.25, -0.2) is 0 Å². The predicted molar refractivity (Wildman–Crippen MR) is 119 cm³/mol. The number of carbonyl (C=O) groups is 2. The molecular formula is C23H27N3O3S. The van der Waals surface area contributed by atoms with Crippen molar-refractivity contribution in [2.24, 2.45) is 0 Å². The Morgan fingerprint density at radius 1 is 1.20 bits per heavy atom. The molecule has 4 rings (SSSR count). The molecule has 2 amide bonds. The summed E-state index contributed by atoms with van der Waals surface area (Å²) >= 11 is 1.50. The van der Waals surface area contributed by atoms with Gasteiger partial charge in [-0.2, -0.15) is 0 Å².